The van der Waals surface area contributed by atoms with Crippen LogP contribution in [0.1, 0.15) is 6.92 Å². The number of hydrogen-bond acceptors (Lipinski definition) is 1. The second-order valence-electron chi connectivity index (χ2n) is 1.01. The van der Waals surface area contributed by atoms with Gasteiger partial charge in [-0.15, -0.1) is 0 Å². The fourth-order valence-electron chi connectivity index (χ4n) is 0.165. The first-order valence-electron chi connectivity index (χ1n) is 1.94. The lowest BCUT2D eigenvalue weighted by Gasteiger charge is -1.85. The van der Waals surface area contributed by atoms with E-state index in [-0.39, 0.29) is 0 Å². The lowest BCUT2D eigenvalue weighted by Crippen LogP contribution is -2.23. The van der Waals surface area contributed by atoms with E-state index in [2.05, 4.69) is 11.1 Å². The average Bonchev–Trinajstić information content (AvgIpc) is 1.61. The smallest absolute Gasteiger partial charge is 0.316 e. The second kappa shape index (κ2) is 3.21. The highest BCUT2D eigenvalue weighted by Crippen LogP contribution is 1.59. The van der Waals surface area contributed by atoms with Gasteiger partial charge in [-0.2, -0.15) is 0 Å². The minimum Gasteiger partial charge on any atom is -0.351 e. The van der Waals surface area contributed by atoms with Crippen LogP contribution in [0.4, 0.5) is 4.79 Å². The SMILES string of the molecule is CC=CNC(N)=O. The molecule has 40 valence electrons. The first-order valence-corrected chi connectivity index (χ1v) is 1.94. The molecule has 7 heavy (non-hydrogen) atoms. The van der Waals surface area contributed by atoms with E-state index >= 15 is 0 Å². The number of hydrogen-bond donors (Lipinski definition) is 2. The van der Waals surface area contributed by atoms with Crippen molar-refractivity contribution >= 4 is 6.03 Å². The Bertz CT molecular complexity index is 87.7. The molecule has 3 N–H and O–H groups in total. The molecular weight excluding hydrogens is 92.1 g/mol. The van der Waals surface area contributed by atoms with Crippen molar-refractivity contribution in [1.82, 2.24) is 5.32 Å². The fraction of sp³-hybridized carbons (Fsp3) is 0.250. The van der Waals surface area contributed by atoms with Gasteiger partial charge >= 0.3 is 6.03 Å². The molecule has 0 unspecified atom stereocenters. The van der Waals surface area contributed by atoms with Gasteiger partial charge in [0, 0.05) is 6.20 Å². The van der Waals surface area contributed by atoms with Gasteiger partial charge in [0.2, 0.25) is 0 Å². The summed E-state index contributed by atoms with van der Waals surface area (Å²) >= 11 is 0. The van der Waals surface area contributed by atoms with E-state index < -0.39 is 6.03 Å². The van der Waals surface area contributed by atoms with Gasteiger partial charge in [0.15, 0.2) is 0 Å². The maximum absolute atomic E-state index is 9.82. The number of carbonyl (C=O) groups is 1. The predicted molar refractivity (Wildman–Crippen MR) is 27.5 cm³/mol. The molecule has 0 saturated carbocycles. The van der Waals surface area contributed by atoms with Crippen molar-refractivity contribution < 1.29 is 4.79 Å². The van der Waals surface area contributed by atoms with E-state index in [9.17, 15) is 4.79 Å². The van der Waals surface area contributed by atoms with Gasteiger partial charge in [-0.1, -0.05) is 6.08 Å². The third-order valence-corrected chi connectivity index (χ3v) is 0.392. The topological polar surface area (TPSA) is 55.1 Å². The summed E-state index contributed by atoms with van der Waals surface area (Å²) in [6.07, 6.45) is 3.16. The lowest BCUT2D eigenvalue weighted by molar-refractivity contribution is 0.252. The number of allylic oxidation sites excluding steroid dienone is 1. The monoisotopic (exact) mass is 100 g/mol. The van der Waals surface area contributed by atoms with Crippen molar-refractivity contribution in [3.63, 3.8) is 0 Å². The van der Waals surface area contributed by atoms with Crippen LogP contribution >= 0.6 is 0 Å². The van der Waals surface area contributed by atoms with Crippen molar-refractivity contribution in [3.05, 3.63) is 12.3 Å². The number of nitrogens with two attached hydrogens (primary N) is 1. The Hall–Kier alpha value is -0.990. The number of primary amides is 1. The molecule has 3 nitrogen and oxygen atoms in total. The normalized spacial score (nSPS) is 9.29. The zero-order chi connectivity index (χ0) is 5.70. The van der Waals surface area contributed by atoms with Gasteiger partial charge in [-0.05, 0) is 6.92 Å². The van der Waals surface area contributed by atoms with Gasteiger partial charge in [-0.3, -0.25) is 0 Å². The maximum Gasteiger partial charge on any atom is 0.316 e. The van der Waals surface area contributed by atoms with Gasteiger partial charge < -0.3 is 11.1 Å². The Balaban J connectivity index is 3.14. The predicted octanol–water partition coefficient (Wildman–Crippen LogP) is 0.188. The quantitative estimate of drug-likeness (QED) is 0.485. The zero-order valence-electron chi connectivity index (χ0n) is 4.14. The molecule has 0 aromatic carbocycles. The third kappa shape index (κ3) is 5.01. The molecule has 0 spiro atoms. The van der Waals surface area contributed by atoms with Gasteiger partial charge in [0.05, 0.1) is 0 Å². The van der Waals surface area contributed by atoms with Crippen molar-refractivity contribution in [2.24, 2.45) is 5.73 Å². The van der Waals surface area contributed by atoms with Crippen LogP contribution < -0.4 is 11.1 Å². The van der Waals surface area contributed by atoms with Crippen LogP contribution in [0.2, 0.25) is 0 Å². The summed E-state index contributed by atoms with van der Waals surface area (Å²) in [5.41, 5.74) is 4.68. The summed E-state index contributed by atoms with van der Waals surface area (Å²) in [5, 5.41) is 2.25. The highest BCUT2D eigenvalue weighted by molar-refractivity contribution is 5.72. The highest BCUT2D eigenvalue weighted by atomic mass is 16.2. The second-order valence-corrected chi connectivity index (χ2v) is 1.01. The van der Waals surface area contributed by atoms with Gasteiger partial charge in [-0.25, -0.2) is 4.79 Å². The van der Waals surface area contributed by atoms with E-state index in [4.69, 9.17) is 0 Å². The number of carbonyl (C=O) groups excluding carboxylic acids is 1. The molecule has 0 rings (SSSR count). The van der Waals surface area contributed by atoms with Crippen LogP contribution in [-0.4, -0.2) is 6.03 Å². The summed E-state index contributed by atoms with van der Waals surface area (Å²) in [6.45, 7) is 1.79. The van der Waals surface area contributed by atoms with Crippen molar-refractivity contribution in [1.29, 1.82) is 0 Å². The summed E-state index contributed by atoms with van der Waals surface area (Å²) in [4.78, 5) is 9.82. The number of amides is 2. The van der Waals surface area contributed by atoms with E-state index in [1.807, 2.05) is 0 Å². The Labute approximate surface area is 42.2 Å². The minimum atomic E-state index is -0.530. The number of nitrogens with one attached hydrogen (secondary N) is 1. The number of urea groups is 1. The fourth-order valence-corrected chi connectivity index (χ4v) is 0.165. The molecule has 0 aromatic rings. The minimum absolute atomic E-state index is 0.530. The summed E-state index contributed by atoms with van der Waals surface area (Å²) < 4.78 is 0. The van der Waals surface area contributed by atoms with Crippen LogP contribution in [0.3, 0.4) is 0 Å². The van der Waals surface area contributed by atoms with Gasteiger partial charge in [0.25, 0.3) is 0 Å². The standard InChI is InChI=1S/C4H8N2O/c1-2-3-6-4(5)7/h2-3H,1H3,(H3,5,6,7). The zero-order valence-corrected chi connectivity index (χ0v) is 4.14. The van der Waals surface area contributed by atoms with Gasteiger partial charge in [0.1, 0.15) is 0 Å². The molecule has 3 heteroatoms. The molecule has 0 aliphatic rings. The molecule has 0 radical (unpaired) electrons. The van der Waals surface area contributed by atoms with E-state index in [0.717, 1.165) is 0 Å². The highest BCUT2D eigenvalue weighted by Gasteiger charge is 1.77. The average molecular weight is 100 g/mol. The largest absolute Gasteiger partial charge is 0.351 e. The molecule has 0 atom stereocenters. The molecular formula is C4H8N2O. The van der Waals surface area contributed by atoms with E-state index in [1.165, 1.54) is 6.20 Å². The first-order chi connectivity index (χ1) is 3.27. The molecule has 0 saturated heterocycles. The third-order valence-electron chi connectivity index (χ3n) is 0.392. The Morgan fingerprint density at radius 2 is 2.43 bits per heavy atom. The van der Waals surface area contributed by atoms with Crippen LogP contribution in [0.15, 0.2) is 12.3 Å². The molecule has 0 aromatic heterocycles. The lowest BCUT2D eigenvalue weighted by atomic mass is 10.7. The first kappa shape index (κ1) is 6.01. The van der Waals surface area contributed by atoms with Crippen molar-refractivity contribution in [2.75, 3.05) is 0 Å². The van der Waals surface area contributed by atoms with E-state index in [1.54, 1.807) is 13.0 Å². The van der Waals surface area contributed by atoms with Crippen LogP contribution in [0, 0.1) is 0 Å². The molecule has 0 fully saturated rings. The van der Waals surface area contributed by atoms with Crippen LogP contribution in [-0.2, 0) is 0 Å². The van der Waals surface area contributed by atoms with Crippen molar-refractivity contribution in [3.8, 4) is 0 Å². The summed E-state index contributed by atoms with van der Waals surface area (Å²) in [7, 11) is 0. The van der Waals surface area contributed by atoms with E-state index in [0.29, 0.717) is 0 Å². The maximum atomic E-state index is 9.82. The Morgan fingerprint density at radius 3 is 2.57 bits per heavy atom. The summed E-state index contributed by atoms with van der Waals surface area (Å²) in [5.74, 6) is 0. The molecule has 2 amide bonds. The molecule has 0 heterocycles. The summed E-state index contributed by atoms with van der Waals surface area (Å²) in [6, 6.07) is -0.530. The number of rotatable bonds is 1. The molecule has 0 aliphatic carbocycles. The molecule has 0 aliphatic heterocycles. The Morgan fingerprint density at radius 1 is 1.86 bits per heavy atom. The van der Waals surface area contributed by atoms with Crippen LogP contribution in [0.5, 0.6) is 0 Å². The molecule has 0 bridgehead atoms. The van der Waals surface area contributed by atoms with Crippen LogP contribution in [0.25, 0.3) is 0 Å². The Kier molecular flexibility index (Phi) is 2.76. The van der Waals surface area contributed by atoms with Crippen molar-refractivity contribution in [2.45, 2.75) is 6.92 Å².